The number of ketones is 1. The first-order valence-electron chi connectivity index (χ1n) is 9.52. The minimum atomic E-state index is 0.0797. The lowest BCUT2D eigenvalue weighted by Crippen LogP contribution is -2.38. The van der Waals surface area contributed by atoms with Gasteiger partial charge in [0.05, 0.1) is 0 Å². The highest BCUT2D eigenvalue weighted by atomic mass is 32.2. The molecule has 1 atom stereocenters. The number of hydrogen-bond acceptors (Lipinski definition) is 5. The van der Waals surface area contributed by atoms with Gasteiger partial charge in [-0.25, -0.2) is 0 Å². The molecule has 27 heavy (non-hydrogen) atoms. The molecule has 2 aromatic rings. The second kappa shape index (κ2) is 8.36. The minimum absolute atomic E-state index is 0.0797. The summed E-state index contributed by atoms with van der Waals surface area (Å²) in [7, 11) is 0. The van der Waals surface area contributed by atoms with Gasteiger partial charge < -0.3 is 9.47 Å². The monoisotopic (exact) mass is 383 g/mol. The van der Waals surface area contributed by atoms with E-state index in [0.717, 1.165) is 49.5 Å². The normalized spacial score (nSPS) is 19.7. The summed E-state index contributed by atoms with van der Waals surface area (Å²) < 4.78 is 11.3. The van der Waals surface area contributed by atoms with Crippen LogP contribution in [0.25, 0.3) is 0 Å². The third kappa shape index (κ3) is 4.30. The molecule has 0 bridgehead atoms. The van der Waals surface area contributed by atoms with Crippen LogP contribution in [0.2, 0.25) is 0 Å². The van der Waals surface area contributed by atoms with Crippen molar-refractivity contribution in [2.24, 2.45) is 5.92 Å². The quantitative estimate of drug-likeness (QED) is 0.569. The Hall–Kier alpha value is -1.98. The zero-order chi connectivity index (χ0) is 18.6. The second-order valence-electron chi connectivity index (χ2n) is 7.15. The molecule has 2 aliphatic rings. The van der Waals surface area contributed by atoms with E-state index >= 15 is 0 Å². The first-order chi connectivity index (χ1) is 13.2. The van der Waals surface area contributed by atoms with Crippen LogP contribution < -0.4 is 9.47 Å². The van der Waals surface area contributed by atoms with Gasteiger partial charge in [-0.15, -0.1) is 11.8 Å². The molecule has 2 aliphatic heterocycles. The molecule has 0 spiro atoms. The molecule has 2 aromatic carbocycles. The molecular weight excluding hydrogens is 358 g/mol. The average Bonchev–Trinajstić information content (AvgIpc) is 2.73. The van der Waals surface area contributed by atoms with Crippen molar-refractivity contribution in [1.29, 1.82) is 0 Å². The zero-order valence-corrected chi connectivity index (χ0v) is 16.5. The first-order valence-corrected chi connectivity index (χ1v) is 10.7. The Morgan fingerprint density at radius 3 is 2.67 bits per heavy atom. The number of likely N-dealkylation sites (tertiary alicyclic amines) is 1. The Labute approximate surface area is 164 Å². The van der Waals surface area contributed by atoms with Gasteiger partial charge in [-0.05, 0) is 55.5 Å². The van der Waals surface area contributed by atoms with Crippen molar-refractivity contribution in [3.8, 4) is 11.5 Å². The topological polar surface area (TPSA) is 38.8 Å². The Kier molecular flexibility index (Phi) is 5.69. The van der Waals surface area contributed by atoms with Crippen LogP contribution in [0.15, 0.2) is 47.4 Å². The van der Waals surface area contributed by atoms with Crippen LogP contribution in [0, 0.1) is 5.92 Å². The van der Waals surface area contributed by atoms with Gasteiger partial charge in [-0.1, -0.05) is 18.2 Å². The molecule has 0 N–H and O–H groups in total. The summed E-state index contributed by atoms with van der Waals surface area (Å²) in [6.07, 6.45) is 4.08. The van der Waals surface area contributed by atoms with Crippen molar-refractivity contribution in [3.63, 3.8) is 0 Å². The smallest absolute Gasteiger partial charge is 0.167 e. The molecule has 0 radical (unpaired) electrons. The van der Waals surface area contributed by atoms with E-state index in [0.29, 0.717) is 13.2 Å². The first kappa shape index (κ1) is 18.4. The van der Waals surface area contributed by atoms with Crippen LogP contribution in [-0.2, 0) is 6.54 Å². The van der Waals surface area contributed by atoms with E-state index in [1.165, 1.54) is 10.5 Å². The molecule has 4 rings (SSSR count). The molecular formula is C22H25NO3S. The molecule has 0 amide bonds. The maximum atomic E-state index is 12.9. The molecule has 0 saturated carbocycles. The molecule has 5 heteroatoms. The SMILES string of the molecule is CSc1ccc(C(=O)C2CCCN(Cc3ccc4c(c3)OCCO4)C2)cc1. The average molecular weight is 384 g/mol. The van der Waals surface area contributed by atoms with Crippen LogP contribution in [-0.4, -0.2) is 43.2 Å². The number of rotatable bonds is 5. The number of carbonyl (C=O) groups is 1. The van der Waals surface area contributed by atoms with Crippen molar-refractivity contribution in [2.75, 3.05) is 32.6 Å². The molecule has 4 nitrogen and oxygen atoms in total. The Morgan fingerprint density at radius 1 is 1.11 bits per heavy atom. The fraction of sp³-hybridized carbons (Fsp3) is 0.409. The molecule has 1 unspecified atom stereocenters. The largest absolute Gasteiger partial charge is 0.486 e. The molecule has 1 saturated heterocycles. The molecule has 0 aliphatic carbocycles. The van der Waals surface area contributed by atoms with Gasteiger partial charge in [-0.3, -0.25) is 9.69 Å². The maximum absolute atomic E-state index is 12.9. The summed E-state index contributed by atoms with van der Waals surface area (Å²) in [5.74, 6) is 2.01. The molecule has 2 heterocycles. The van der Waals surface area contributed by atoms with Crippen molar-refractivity contribution >= 4 is 17.5 Å². The van der Waals surface area contributed by atoms with E-state index in [9.17, 15) is 4.79 Å². The van der Waals surface area contributed by atoms with Crippen molar-refractivity contribution in [1.82, 2.24) is 4.90 Å². The number of nitrogens with zero attached hydrogens (tertiary/aromatic N) is 1. The van der Waals surface area contributed by atoms with Crippen LogP contribution in [0.5, 0.6) is 11.5 Å². The number of hydrogen-bond donors (Lipinski definition) is 0. The van der Waals surface area contributed by atoms with Crippen molar-refractivity contribution in [3.05, 3.63) is 53.6 Å². The van der Waals surface area contributed by atoms with Crippen LogP contribution >= 0.6 is 11.8 Å². The van der Waals surface area contributed by atoms with Crippen molar-refractivity contribution in [2.45, 2.75) is 24.3 Å². The van der Waals surface area contributed by atoms with Gasteiger partial charge in [0.15, 0.2) is 17.3 Å². The number of carbonyl (C=O) groups excluding carboxylic acids is 1. The summed E-state index contributed by atoms with van der Waals surface area (Å²) in [5, 5.41) is 0. The summed E-state index contributed by atoms with van der Waals surface area (Å²) in [4.78, 5) is 16.5. The number of ether oxygens (including phenoxy) is 2. The number of Topliss-reactive ketones (excluding diaryl/α,β-unsaturated/α-hetero) is 1. The Morgan fingerprint density at radius 2 is 1.89 bits per heavy atom. The van der Waals surface area contributed by atoms with Crippen LogP contribution in [0.3, 0.4) is 0 Å². The Balaban J connectivity index is 1.41. The molecule has 0 aromatic heterocycles. The lowest BCUT2D eigenvalue weighted by Gasteiger charge is -2.32. The van der Waals surface area contributed by atoms with E-state index in [4.69, 9.17) is 9.47 Å². The van der Waals surface area contributed by atoms with Crippen LogP contribution in [0.4, 0.5) is 0 Å². The van der Waals surface area contributed by atoms with E-state index in [1.807, 2.05) is 36.6 Å². The highest BCUT2D eigenvalue weighted by molar-refractivity contribution is 7.98. The van der Waals surface area contributed by atoms with Crippen LogP contribution in [0.1, 0.15) is 28.8 Å². The lowest BCUT2D eigenvalue weighted by molar-refractivity contribution is 0.0811. The summed E-state index contributed by atoms with van der Waals surface area (Å²) in [6, 6.07) is 14.2. The molecule has 1 fully saturated rings. The fourth-order valence-corrected chi connectivity index (χ4v) is 4.26. The third-order valence-electron chi connectivity index (χ3n) is 5.26. The summed E-state index contributed by atoms with van der Waals surface area (Å²) >= 11 is 1.70. The second-order valence-corrected chi connectivity index (χ2v) is 8.02. The van der Waals surface area contributed by atoms with Gasteiger partial charge in [0.25, 0.3) is 0 Å². The number of piperidine rings is 1. The predicted octanol–water partition coefficient (Wildman–Crippen LogP) is 4.27. The maximum Gasteiger partial charge on any atom is 0.167 e. The van der Waals surface area contributed by atoms with E-state index in [-0.39, 0.29) is 11.7 Å². The summed E-state index contributed by atoms with van der Waals surface area (Å²) in [6.45, 7) is 3.90. The summed E-state index contributed by atoms with van der Waals surface area (Å²) in [5.41, 5.74) is 2.04. The highest BCUT2D eigenvalue weighted by Gasteiger charge is 2.27. The zero-order valence-electron chi connectivity index (χ0n) is 15.6. The van der Waals surface area contributed by atoms with Gasteiger partial charge >= 0.3 is 0 Å². The predicted molar refractivity (Wildman–Crippen MR) is 108 cm³/mol. The fourth-order valence-electron chi connectivity index (χ4n) is 3.85. The highest BCUT2D eigenvalue weighted by Crippen LogP contribution is 2.32. The van der Waals surface area contributed by atoms with E-state index in [2.05, 4.69) is 17.0 Å². The third-order valence-corrected chi connectivity index (χ3v) is 6.01. The number of thioether (sulfide) groups is 1. The molecule has 142 valence electrons. The lowest BCUT2D eigenvalue weighted by atomic mass is 9.90. The van der Waals surface area contributed by atoms with Gasteiger partial charge in [-0.2, -0.15) is 0 Å². The number of benzene rings is 2. The van der Waals surface area contributed by atoms with Gasteiger partial charge in [0.1, 0.15) is 13.2 Å². The van der Waals surface area contributed by atoms with Gasteiger partial charge in [0.2, 0.25) is 0 Å². The Bertz CT molecular complexity index is 806. The number of fused-ring (bicyclic) bond motifs is 1. The van der Waals surface area contributed by atoms with Gasteiger partial charge in [0, 0.05) is 29.5 Å². The van der Waals surface area contributed by atoms with E-state index in [1.54, 1.807) is 11.8 Å². The minimum Gasteiger partial charge on any atom is -0.486 e. The van der Waals surface area contributed by atoms with E-state index < -0.39 is 0 Å². The van der Waals surface area contributed by atoms with Crippen molar-refractivity contribution < 1.29 is 14.3 Å². The standard InChI is InChI=1S/C22H25NO3S/c1-27-19-7-5-17(6-8-19)22(24)18-3-2-10-23(15-18)14-16-4-9-20-21(13-16)26-12-11-25-20/h4-9,13,18H,2-3,10-12,14-15H2,1H3.